The number of carbonyl (C=O) groups excluding carboxylic acids is 1. The van der Waals surface area contributed by atoms with Crippen molar-refractivity contribution in [3.05, 3.63) is 35.4 Å². The minimum Gasteiger partial charge on any atom is -0.298 e. The molecule has 0 aliphatic carbocycles. The maximum atomic E-state index is 13.1. The van der Waals surface area contributed by atoms with Crippen LogP contribution in [0.3, 0.4) is 0 Å². The first kappa shape index (κ1) is 12.8. The Hall–Kier alpha value is -1.25. The second kappa shape index (κ2) is 4.73. The van der Waals surface area contributed by atoms with Crippen LogP contribution in [0.4, 0.5) is 8.78 Å². The Labute approximate surface area is 94.5 Å². The van der Waals surface area contributed by atoms with Crippen LogP contribution < -0.4 is 0 Å². The van der Waals surface area contributed by atoms with E-state index >= 15 is 0 Å². The lowest BCUT2D eigenvalue weighted by Crippen LogP contribution is -2.26. The quantitative estimate of drug-likeness (QED) is 0.714. The molecular weight excluding hydrogens is 210 g/mol. The van der Waals surface area contributed by atoms with Gasteiger partial charge in [0, 0.05) is 5.56 Å². The Morgan fingerprint density at radius 3 is 2.19 bits per heavy atom. The van der Waals surface area contributed by atoms with Gasteiger partial charge < -0.3 is 0 Å². The Bertz CT molecular complexity index is 366. The fourth-order valence-electron chi connectivity index (χ4n) is 1.88. The van der Waals surface area contributed by atoms with Gasteiger partial charge in [0.25, 0.3) is 0 Å². The van der Waals surface area contributed by atoms with E-state index in [1.54, 1.807) is 45.0 Å². The van der Waals surface area contributed by atoms with Gasteiger partial charge in [0.05, 0.1) is 5.92 Å². The Kier molecular flexibility index (Phi) is 3.79. The third-order valence-corrected chi connectivity index (χ3v) is 2.64. The van der Waals surface area contributed by atoms with Gasteiger partial charge in [-0.15, -0.1) is 0 Å². The average Bonchev–Trinajstić information content (AvgIpc) is 2.15. The zero-order valence-electron chi connectivity index (χ0n) is 9.71. The van der Waals surface area contributed by atoms with E-state index in [2.05, 4.69) is 0 Å². The van der Waals surface area contributed by atoms with Crippen LogP contribution in [0.25, 0.3) is 0 Å². The SMILES string of the molecule is CC(C)(C)C(c1ccccc1C=O)C(F)F. The molecule has 0 bridgehead atoms. The highest BCUT2D eigenvalue weighted by Gasteiger charge is 2.35. The number of hydrogen-bond acceptors (Lipinski definition) is 1. The predicted octanol–water partition coefficient (Wildman–Crippen LogP) is 3.89. The summed E-state index contributed by atoms with van der Waals surface area (Å²) in [4.78, 5) is 10.8. The number of aldehydes is 1. The summed E-state index contributed by atoms with van der Waals surface area (Å²) in [5, 5.41) is 0. The van der Waals surface area contributed by atoms with Crippen LogP contribution in [0.2, 0.25) is 0 Å². The van der Waals surface area contributed by atoms with Gasteiger partial charge in [-0.2, -0.15) is 0 Å². The summed E-state index contributed by atoms with van der Waals surface area (Å²) in [6.45, 7) is 5.27. The molecule has 1 aromatic carbocycles. The van der Waals surface area contributed by atoms with Crippen molar-refractivity contribution in [3.63, 3.8) is 0 Å². The molecule has 16 heavy (non-hydrogen) atoms. The molecule has 0 aliphatic heterocycles. The fourth-order valence-corrected chi connectivity index (χ4v) is 1.88. The molecule has 0 saturated carbocycles. The lowest BCUT2D eigenvalue weighted by Gasteiger charge is -2.31. The van der Waals surface area contributed by atoms with Gasteiger partial charge in [-0.3, -0.25) is 4.79 Å². The molecule has 1 atom stereocenters. The van der Waals surface area contributed by atoms with Gasteiger partial charge in [0.2, 0.25) is 6.43 Å². The number of benzene rings is 1. The van der Waals surface area contributed by atoms with Crippen molar-refractivity contribution in [2.24, 2.45) is 5.41 Å². The largest absolute Gasteiger partial charge is 0.298 e. The predicted molar refractivity (Wildman–Crippen MR) is 60.0 cm³/mol. The Morgan fingerprint density at radius 1 is 1.19 bits per heavy atom. The number of rotatable bonds is 3. The van der Waals surface area contributed by atoms with Crippen LogP contribution in [0.1, 0.15) is 42.6 Å². The molecule has 1 rings (SSSR count). The maximum absolute atomic E-state index is 13.1. The third-order valence-electron chi connectivity index (χ3n) is 2.64. The highest BCUT2D eigenvalue weighted by molar-refractivity contribution is 5.77. The first-order valence-corrected chi connectivity index (χ1v) is 5.20. The highest BCUT2D eigenvalue weighted by Crippen LogP contribution is 2.40. The number of carbonyl (C=O) groups is 1. The topological polar surface area (TPSA) is 17.1 Å². The molecule has 1 nitrogen and oxygen atoms in total. The minimum absolute atomic E-state index is 0.350. The molecule has 0 heterocycles. The summed E-state index contributed by atoms with van der Waals surface area (Å²) in [5.41, 5.74) is 0.204. The van der Waals surface area contributed by atoms with Gasteiger partial charge in [-0.1, -0.05) is 45.0 Å². The van der Waals surface area contributed by atoms with Gasteiger partial charge in [-0.05, 0) is 11.0 Å². The van der Waals surface area contributed by atoms with Crippen LogP contribution in [-0.2, 0) is 0 Å². The molecule has 0 N–H and O–H groups in total. The molecule has 0 amide bonds. The zero-order valence-corrected chi connectivity index (χ0v) is 9.71. The molecule has 1 unspecified atom stereocenters. The van der Waals surface area contributed by atoms with Gasteiger partial charge in [-0.25, -0.2) is 8.78 Å². The van der Waals surface area contributed by atoms with Crippen molar-refractivity contribution in [1.29, 1.82) is 0 Å². The molecule has 0 radical (unpaired) electrons. The van der Waals surface area contributed by atoms with Crippen LogP contribution >= 0.6 is 0 Å². The highest BCUT2D eigenvalue weighted by atomic mass is 19.3. The summed E-state index contributed by atoms with van der Waals surface area (Å²) in [6, 6.07) is 6.54. The summed E-state index contributed by atoms with van der Waals surface area (Å²) in [7, 11) is 0. The van der Waals surface area contributed by atoms with Crippen molar-refractivity contribution in [2.45, 2.75) is 33.1 Å². The molecular formula is C13H16F2O. The minimum atomic E-state index is -2.47. The molecule has 1 aromatic rings. The maximum Gasteiger partial charge on any atom is 0.245 e. The first-order chi connectivity index (χ1) is 7.38. The number of alkyl halides is 2. The lowest BCUT2D eigenvalue weighted by molar-refractivity contribution is 0.0620. The second-order valence-corrected chi connectivity index (χ2v) is 4.92. The van der Waals surface area contributed by atoms with Crippen molar-refractivity contribution in [3.8, 4) is 0 Å². The molecule has 88 valence electrons. The van der Waals surface area contributed by atoms with Crippen molar-refractivity contribution >= 4 is 6.29 Å². The zero-order chi connectivity index (χ0) is 12.3. The van der Waals surface area contributed by atoms with E-state index in [1.165, 1.54) is 0 Å². The smallest absolute Gasteiger partial charge is 0.245 e. The lowest BCUT2D eigenvalue weighted by atomic mass is 9.75. The van der Waals surface area contributed by atoms with E-state index in [-0.39, 0.29) is 0 Å². The van der Waals surface area contributed by atoms with E-state index in [9.17, 15) is 13.6 Å². The molecule has 0 saturated heterocycles. The summed E-state index contributed by atoms with van der Waals surface area (Å²) < 4.78 is 26.2. The summed E-state index contributed by atoms with van der Waals surface area (Å²) in [5.74, 6) is -0.922. The molecule has 0 spiro atoms. The van der Waals surface area contributed by atoms with Crippen LogP contribution in [0, 0.1) is 5.41 Å². The third kappa shape index (κ3) is 2.65. The number of hydrogen-bond donors (Lipinski definition) is 0. The van der Waals surface area contributed by atoms with E-state index in [4.69, 9.17) is 0 Å². The van der Waals surface area contributed by atoms with E-state index in [1.807, 2.05) is 0 Å². The molecule has 3 heteroatoms. The van der Waals surface area contributed by atoms with E-state index < -0.39 is 17.8 Å². The monoisotopic (exact) mass is 226 g/mol. The van der Waals surface area contributed by atoms with Gasteiger partial charge >= 0.3 is 0 Å². The Balaban J connectivity index is 3.26. The van der Waals surface area contributed by atoms with Gasteiger partial charge in [0.1, 0.15) is 6.29 Å². The normalized spacial score (nSPS) is 13.9. The van der Waals surface area contributed by atoms with Crippen molar-refractivity contribution < 1.29 is 13.6 Å². The van der Waals surface area contributed by atoms with Crippen LogP contribution in [0.5, 0.6) is 0 Å². The van der Waals surface area contributed by atoms with E-state index in [0.29, 0.717) is 17.4 Å². The van der Waals surface area contributed by atoms with Crippen molar-refractivity contribution in [2.75, 3.05) is 0 Å². The Morgan fingerprint density at radius 2 is 1.75 bits per heavy atom. The first-order valence-electron chi connectivity index (χ1n) is 5.20. The summed E-state index contributed by atoms with van der Waals surface area (Å²) >= 11 is 0. The second-order valence-electron chi connectivity index (χ2n) is 4.92. The molecule has 0 fully saturated rings. The molecule has 0 aliphatic rings. The molecule has 0 aromatic heterocycles. The van der Waals surface area contributed by atoms with Crippen LogP contribution in [-0.4, -0.2) is 12.7 Å². The summed E-state index contributed by atoms with van der Waals surface area (Å²) in [6.07, 6.45) is -1.84. The fraction of sp³-hybridized carbons (Fsp3) is 0.462. The van der Waals surface area contributed by atoms with Crippen molar-refractivity contribution in [1.82, 2.24) is 0 Å². The van der Waals surface area contributed by atoms with E-state index in [0.717, 1.165) is 0 Å². The standard InChI is InChI=1S/C13H16F2O/c1-13(2,3)11(12(14)15)10-7-5-4-6-9(10)8-16/h4-8,11-12H,1-3H3. The van der Waals surface area contributed by atoms with Crippen LogP contribution in [0.15, 0.2) is 24.3 Å². The average molecular weight is 226 g/mol. The number of halogens is 2. The van der Waals surface area contributed by atoms with Gasteiger partial charge in [0.15, 0.2) is 0 Å².